The highest BCUT2D eigenvalue weighted by atomic mass is 79.9. The molecule has 0 unspecified atom stereocenters. The van der Waals surface area contributed by atoms with Crippen molar-refractivity contribution in [1.29, 1.82) is 0 Å². The number of amides is 1. The molecule has 0 aliphatic heterocycles. The Morgan fingerprint density at radius 2 is 1.87 bits per heavy atom. The first-order valence-electron chi connectivity index (χ1n) is 12.0. The van der Waals surface area contributed by atoms with Gasteiger partial charge in [0.05, 0.1) is 30.7 Å². The first-order valence-corrected chi connectivity index (χ1v) is 14.7. The van der Waals surface area contributed by atoms with Gasteiger partial charge >= 0.3 is 0 Å². The van der Waals surface area contributed by atoms with Gasteiger partial charge in [-0.15, -0.1) is 0 Å². The van der Waals surface area contributed by atoms with E-state index < -0.39 is 15.8 Å². The van der Waals surface area contributed by atoms with Crippen LogP contribution < -0.4 is 9.62 Å². The van der Waals surface area contributed by atoms with Gasteiger partial charge in [0.15, 0.2) is 0 Å². The molecule has 0 saturated heterocycles. The van der Waals surface area contributed by atoms with E-state index in [2.05, 4.69) is 21.2 Å². The van der Waals surface area contributed by atoms with Gasteiger partial charge in [-0.1, -0.05) is 28.1 Å². The fourth-order valence-electron chi connectivity index (χ4n) is 4.64. The molecule has 5 rings (SSSR count). The molecule has 0 atom stereocenters. The minimum Gasteiger partial charge on any atom is -0.455 e. The summed E-state index contributed by atoms with van der Waals surface area (Å²) < 4.78 is 48.0. The van der Waals surface area contributed by atoms with E-state index in [1.807, 2.05) is 6.07 Å². The number of nitrogens with one attached hydrogen (secondary N) is 1. The van der Waals surface area contributed by atoms with Crippen molar-refractivity contribution in [3.8, 4) is 11.3 Å². The lowest BCUT2D eigenvalue weighted by Gasteiger charge is -2.25. The first-order chi connectivity index (χ1) is 18.1. The van der Waals surface area contributed by atoms with Crippen LogP contribution in [0.15, 0.2) is 63.5 Å². The average Bonchev–Trinajstić information content (AvgIpc) is 3.67. The summed E-state index contributed by atoms with van der Waals surface area (Å²) in [5.41, 5.74) is 3.86. The Labute approximate surface area is 228 Å². The van der Waals surface area contributed by atoms with E-state index in [1.165, 1.54) is 35.6 Å². The van der Waals surface area contributed by atoms with Gasteiger partial charge in [0.25, 0.3) is 5.91 Å². The van der Waals surface area contributed by atoms with Gasteiger partial charge in [0.1, 0.15) is 17.2 Å². The van der Waals surface area contributed by atoms with E-state index in [4.69, 9.17) is 4.42 Å². The highest BCUT2D eigenvalue weighted by Crippen LogP contribution is 2.48. The summed E-state index contributed by atoms with van der Waals surface area (Å²) in [4.78, 5) is 13.0. The number of aliphatic hydroxyl groups excluding tert-OH is 1. The summed E-state index contributed by atoms with van der Waals surface area (Å²) in [6.07, 6.45) is 2.96. The summed E-state index contributed by atoms with van der Waals surface area (Å²) >= 11 is 3.40. The van der Waals surface area contributed by atoms with Gasteiger partial charge in [0.2, 0.25) is 10.0 Å². The lowest BCUT2D eigenvalue weighted by atomic mass is 10.00. The SMILES string of the molecule is CNC(=O)c1c(-c2ccc(F)cc2)oc2cc(N(Cc3ccc(Br)c(CO)c3)S(C)(=O)=O)c(C3CC3)cc12. The zero-order valence-corrected chi connectivity index (χ0v) is 23.2. The molecule has 38 heavy (non-hydrogen) atoms. The van der Waals surface area contributed by atoms with Crippen LogP contribution in [0, 0.1) is 5.82 Å². The molecule has 1 aliphatic carbocycles. The van der Waals surface area contributed by atoms with Crippen LogP contribution in [0.4, 0.5) is 10.1 Å². The summed E-state index contributed by atoms with van der Waals surface area (Å²) in [6.45, 7) is -0.133. The van der Waals surface area contributed by atoms with Gasteiger partial charge < -0.3 is 14.8 Å². The van der Waals surface area contributed by atoms with Crippen LogP contribution in [0.25, 0.3) is 22.3 Å². The minimum absolute atomic E-state index is 0.0537. The van der Waals surface area contributed by atoms with Gasteiger partial charge in [0, 0.05) is 28.5 Å². The topological polar surface area (TPSA) is 99.8 Å². The number of aliphatic hydroxyl groups is 1. The average molecular weight is 601 g/mol. The predicted molar refractivity (Wildman–Crippen MR) is 148 cm³/mol. The number of nitrogens with zero attached hydrogens (tertiary/aromatic N) is 1. The van der Waals surface area contributed by atoms with Crippen LogP contribution in [-0.2, 0) is 23.2 Å². The Morgan fingerprint density at radius 3 is 2.47 bits per heavy atom. The van der Waals surface area contributed by atoms with E-state index in [1.54, 1.807) is 24.3 Å². The highest BCUT2D eigenvalue weighted by molar-refractivity contribution is 9.10. The van der Waals surface area contributed by atoms with Crippen molar-refractivity contribution >= 4 is 48.5 Å². The third-order valence-corrected chi connectivity index (χ3v) is 8.59. The molecule has 0 radical (unpaired) electrons. The smallest absolute Gasteiger partial charge is 0.255 e. The fourth-order valence-corrected chi connectivity index (χ4v) is 5.91. The molecule has 2 N–H and O–H groups in total. The first kappa shape index (κ1) is 26.4. The molecule has 1 saturated carbocycles. The van der Waals surface area contributed by atoms with Crippen molar-refractivity contribution in [2.75, 3.05) is 17.6 Å². The quantitative estimate of drug-likeness (QED) is 0.270. The molecule has 3 aromatic carbocycles. The lowest BCUT2D eigenvalue weighted by molar-refractivity contribution is 0.0964. The predicted octanol–water partition coefficient (Wildman–Crippen LogP) is 5.70. The normalized spacial score (nSPS) is 13.6. The number of furan rings is 1. The van der Waals surface area contributed by atoms with Crippen LogP contribution in [0.1, 0.15) is 45.8 Å². The molecule has 0 spiro atoms. The number of hydrogen-bond acceptors (Lipinski definition) is 5. The molecule has 4 aromatic rings. The Kier molecular flexibility index (Phi) is 7.06. The minimum atomic E-state index is -3.73. The fraction of sp³-hybridized carbons (Fsp3) is 0.250. The van der Waals surface area contributed by atoms with Crippen molar-refractivity contribution in [3.63, 3.8) is 0 Å². The van der Waals surface area contributed by atoms with Gasteiger partial charge in [-0.3, -0.25) is 9.10 Å². The maximum Gasteiger partial charge on any atom is 0.255 e. The van der Waals surface area contributed by atoms with Crippen LogP contribution in [0.5, 0.6) is 0 Å². The maximum atomic E-state index is 13.6. The molecule has 1 aromatic heterocycles. The third kappa shape index (κ3) is 5.08. The Balaban J connectivity index is 1.71. The highest BCUT2D eigenvalue weighted by Gasteiger charge is 2.33. The number of hydrogen-bond donors (Lipinski definition) is 2. The molecule has 0 bridgehead atoms. The molecule has 198 valence electrons. The van der Waals surface area contributed by atoms with Crippen molar-refractivity contribution in [1.82, 2.24) is 5.32 Å². The number of halogens is 2. The Bertz CT molecular complexity index is 1650. The maximum absolute atomic E-state index is 13.6. The Morgan fingerprint density at radius 1 is 1.16 bits per heavy atom. The molecule has 1 fully saturated rings. The largest absolute Gasteiger partial charge is 0.455 e. The third-order valence-electron chi connectivity index (χ3n) is 6.69. The molecule has 1 amide bonds. The summed E-state index contributed by atoms with van der Waals surface area (Å²) in [5, 5.41) is 12.9. The summed E-state index contributed by atoms with van der Waals surface area (Å²) in [7, 11) is -2.20. The number of sulfonamides is 1. The summed E-state index contributed by atoms with van der Waals surface area (Å²) in [5.74, 6) is -0.336. The number of carbonyl (C=O) groups excluding carboxylic acids is 1. The van der Waals surface area contributed by atoms with Crippen LogP contribution in [0.3, 0.4) is 0 Å². The second-order valence-corrected chi connectivity index (χ2v) is 12.2. The zero-order valence-electron chi connectivity index (χ0n) is 20.8. The molecule has 10 heteroatoms. The van der Waals surface area contributed by atoms with E-state index in [-0.39, 0.29) is 30.7 Å². The number of anilines is 1. The van der Waals surface area contributed by atoms with Crippen molar-refractivity contribution in [3.05, 3.63) is 87.1 Å². The van der Waals surface area contributed by atoms with Crippen LogP contribution >= 0.6 is 15.9 Å². The molecule has 1 aliphatic rings. The van der Waals surface area contributed by atoms with Crippen molar-refractivity contribution < 1.29 is 27.1 Å². The van der Waals surface area contributed by atoms with Crippen LogP contribution in [-0.4, -0.2) is 32.7 Å². The van der Waals surface area contributed by atoms with Gasteiger partial charge in [-0.25, -0.2) is 12.8 Å². The van der Waals surface area contributed by atoms with E-state index in [0.717, 1.165) is 29.1 Å². The van der Waals surface area contributed by atoms with E-state index in [0.29, 0.717) is 38.9 Å². The van der Waals surface area contributed by atoms with E-state index >= 15 is 0 Å². The second-order valence-electron chi connectivity index (χ2n) is 9.43. The molecule has 1 heterocycles. The van der Waals surface area contributed by atoms with Gasteiger partial charge in [-0.05, 0) is 71.8 Å². The number of carbonyl (C=O) groups is 1. The van der Waals surface area contributed by atoms with Gasteiger partial charge in [-0.2, -0.15) is 0 Å². The number of benzene rings is 3. The Hall–Kier alpha value is -3.21. The lowest BCUT2D eigenvalue weighted by Crippen LogP contribution is -2.30. The van der Waals surface area contributed by atoms with Crippen molar-refractivity contribution in [2.24, 2.45) is 0 Å². The van der Waals surface area contributed by atoms with Crippen molar-refractivity contribution in [2.45, 2.75) is 31.9 Å². The number of fused-ring (bicyclic) bond motifs is 1. The van der Waals surface area contributed by atoms with E-state index in [9.17, 15) is 22.7 Å². The molecule has 7 nitrogen and oxygen atoms in total. The molecular formula is C28H26BrFN2O5S. The standard InChI is InChI=1S/C28H26BrFN2O5S/c1-31-28(34)26-22-12-21(17-4-5-17)24(13-25(22)37-27(26)18-6-8-20(30)9-7-18)32(38(2,35)36)14-16-3-10-23(29)19(11-16)15-33/h3,6-13,17,33H,4-5,14-15H2,1-2H3,(H,31,34). The number of rotatable bonds is 8. The zero-order chi connectivity index (χ0) is 27.2. The second kappa shape index (κ2) is 10.2. The van der Waals surface area contributed by atoms with Crippen LogP contribution in [0.2, 0.25) is 0 Å². The monoisotopic (exact) mass is 600 g/mol. The summed E-state index contributed by atoms with van der Waals surface area (Å²) in [6, 6.07) is 14.5. The molecular weight excluding hydrogens is 575 g/mol.